The molecule has 0 radical (unpaired) electrons. The van der Waals surface area contributed by atoms with Crippen LogP contribution in [-0.2, 0) is 0 Å². The molecule has 122 valence electrons. The highest BCUT2D eigenvalue weighted by molar-refractivity contribution is 5.94. The lowest BCUT2D eigenvalue weighted by molar-refractivity contribution is 0.515. The van der Waals surface area contributed by atoms with Crippen LogP contribution in [0.4, 0.5) is 14.5 Å². The number of fused-ring (bicyclic) bond motifs is 1. The van der Waals surface area contributed by atoms with Gasteiger partial charge >= 0.3 is 0 Å². The van der Waals surface area contributed by atoms with Crippen LogP contribution >= 0.6 is 0 Å². The molecular formula is C19H17F2N3. The molecule has 0 atom stereocenters. The molecule has 0 amide bonds. The van der Waals surface area contributed by atoms with Gasteiger partial charge in [0.1, 0.15) is 5.52 Å². The number of benzene rings is 2. The predicted octanol–water partition coefficient (Wildman–Crippen LogP) is 3.59. The Morgan fingerprint density at radius 2 is 1.71 bits per heavy atom. The van der Waals surface area contributed by atoms with Crippen LogP contribution in [0.2, 0.25) is 0 Å². The van der Waals surface area contributed by atoms with Crippen molar-refractivity contribution in [1.29, 1.82) is 0 Å². The summed E-state index contributed by atoms with van der Waals surface area (Å²) in [5.41, 5.74) is 2.53. The van der Waals surface area contributed by atoms with E-state index in [1.807, 2.05) is 36.4 Å². The molecule has 4 rings (SSSR count). The number of rotatable bonds is 2. The summed E-state index contributed by atoms with van der Waals surface area (Å²) in [7, 11) is 0. The van der Waals surface area contributed by atoms with Gasteiger partial charge in [0.2, 0.25) is 0 Å². The molecule has 2 aromatic carbocycles. The Morgan fingerprint density at radius 1 is 0.958 bits per heavy atom. The van der Waals surface area contributed by atoms with Gasteiger partial charge in [0.05, 0.1) is 5.69 Å². The smallest absolute Gasteiger partial charge is 0.185 e. The van der Waals surface area contributed by atoms with E-state index in [1.165, 1.54) is 6.07 Å². The van der Waals surface area contributed by atoms with E-state index in [0.29, 0.717) is 11.1 Å². The minimum absolute atomic E-state index is 0.0879. The lowest BCUT2D eigenvalue weighted by Gasteiger charge is -2.30. The molecule has 5 heteroatoms. The van der Waals surface area contributed by atoms with Gasteiger partial charge in [-0.25, -0.2) is 13.8 Å². The summed E-state index contributed by atoms with van der Waals surface area (Å²) in [4.78, 5) is 6.60. The zero-order valence-electron chi connectivity index (χ0n) is 13.1. The molecule has 1 aliphatic rings. The van der Waals surface area contributed by atoms with Crippen LogP contribution in [0.3, 0.4) is 0 Å². The Bertz CT molecular complexity index is 875. The molecule has 0 spiro atoms. The van der Waals surface area contributed by atoms with E-state index >= 15 is 0 Å². The third-order valence-electron chi connectivity index (χ3n) is 4.38. The summed E-state index contributed by atoms with van der Waals surface area (Å²) in [6.07, 6.45) is 0. The van der Waals surface area contributed by atoms with Gasteiger partial charge in [-0.2, -0.15) is 0 Å². The van der Waals surface area contributed by atoms with Crippen LogP contribution in [-0.4, -0.2) is 31.2 Å². The molecule has 3 nitrogen and oxygen atoms in total. The first kappa shape index (κ1) is 15.0. The zero-order valence-corrected chi connectivity index (χ0v) is 13.1. The van der Waals surface area contributed by atoms with Crippen molar-refractivity contribution in [2.24, 2.45) is 0 Å². The molecule has 24 heavy (non-hydrogen) atoms. The number of hydrogen-bond donors (Lipinski definition) is 1. The van der Waals surface area contributed by atoms with E-state index in [1.54, 1.807) is 6.07 Å². The molecule has 1 aromatic heterocycles. The van der Waals surface area contributed by atoms with Crippen molar-refractivity contribution in [2.75, 3.05) is 31.1 Å². The van der Waals surface area contributed by atoms with Gasteiger partial charge in [0.15, 0.2) is 11.6 Å². The molecule has 0 bridgehead atoms. The van der Waals surface area contributed by atoms with Gasteiger partial charge in [-0.05, 0) is 18.2 Å². The first-order valence-corrected chi connectivity index (χ1v) is 8.04. The van der Waals surface area contributed by atoms with E-state index < -0.39 is 11.6 Å². The largest absolute Gasteiger partial charge is 0.368 e. The molecule has 2 heterocycles. The number of aromatic nitrogens is 1. The van der Waals surface area contributed by atoms with Gasteiger partial charge in [-0.15, -0.1) is 0 Å². The van der Waals surface area contributed by atoms with Crippen molar-refractivity contribution in [3.63, 3.8) is 0 Å². The maximum absolute atomic E-state index is 14.4. The Kier molecular flexibility index (Phi) is 3.86. The zero-order chi connectivity index (χ0) is 16.5. The number of anilines is 1. The van der Waals surface area contributed by atoms with Gasteiger partial charge in [-0.1, -0.05) is 30.3 Å². The molecule has 1 fully saturated rings. The van der Waals surface area contributed by atoms with Crippen LogP contribution in [0.15, 0.2) is 48.5 Å². The van der Waals surface area contributed by atoms with Crippen LogP contribution in [0.25, 0.3) is 22.2 Å². The first-order chi connectivity index (χ1) is 11.7. The summed E-state index contributed by atoms with van der Waals surface area (Å²) in [6.45, 7) is 3.39. The molecule has 0 unspecified atom stereocenters. The Labute approximate surface area is 138 Å². The van der Waals surface area contributed by atoms with Crippen molar-refractivity contribution in [2.45, 2.75) is 0 Å². The maximum Gasteiger partial charge on any atom is 0.185 e. The number of hydrogen-bond acceptors (Lipinski definition) is 3. The van der Waals surface area contributed by atoms with Crippen molar-refractivity contribution in [3.8, 4) is 11.3 Å². The van der Waals surface area contributed by atoms with E-state index in [2.05, 4.69) is 15.2 Å². The monoisotopic (exact) mass is 325 g/mol. The lowest BCUT2D eigenvalue weighted by atomic mass is 10.1. The molecule has 3 aromatic rings. The SMILES string of the molecule is Fc1ccc2c(N3CCNCC3)cc(-c3ccccc3)nc2c1F. The quantitative estimate of drug-likeness (QED) is 0.780. The second-order valence-electron chi connectivity index (χ2n) is 5.89. The fourth-order valence-electron chi connectivity index (χ4n) is 3.14. The molecule has 1 aliphatic heterocycles. The van der Waals surface area contributed by atoms with Gasteiger partial charge in [0, 0.05) is 42.8 Å². The minimum Gasteiger partial charge on any atom is -0.368 e. The van der Waals surface area contributed by atoms with E-state index in [9.17, 15) is 8.78 Å². The number of piperazine rings is 1. The van der Waals surface area contributed by atoms with Crippen molar-refractivity contribution >= 4 is 16.6 Å². The highest BCUT2D eigenvalue weighted by Crippen LogP contribution is 2.33. The normalized spacial score (nSPS) is 15.0. The second-order valence-corrected chi connectivity index (χ2v) is 5.89. The van der Waals surface area contributed by atoms with Crippen molar-refractivity contribution in [3.05, 3.63) is 60.2 Å². The Hall–Kier alpha value is -2.53. The fraction of sp³-hybridized carbons (Fsp3) is 0.211. The summed E-state index contributed by atoms with van der Waals surface area (Å²) >= 11 is 0. The maximum atomic E-state index is 14.4. The highest BCUT2D eigenvalue weighted by atomic mass is 19.2. The molecular weight excluding hydrogens is 308 g/mol. The van der Waals surface area contributed by atoms with Crippen LogP contribution < -0.4 is 10.2 Å². The average Bonchev–Trinajstić information content (AvgIpc) is 2.65. The van der Waals surface area contributed by atoms with Gasteiger partial charge < -0.3 is 10.2 Å². The van der Waals surface area contributed by atoms with E-state index in [0.717, 1.165) is 37.4 Å². The number of pyridine rings is 1. The lowest BCUT2D eigenvalue weighted by Crippen LogP contribution is -2.43. The molecule has 0 aliphatic carbocycles. The minimum atomic E-state index is -0.887. The third-order valence-corrected chi connectivity index (χ3v) is 4.38. The molecule has 1 N–H and O–H groups in total. The number of nitrogens with one attached hydrogen (secondary N) is 1. The average molecular weight is 325 g/mol. The molecule has 0 saturated carbocycles. The first-order valence-electron chi connectivity index (χ1n) is 8.04. The Balaban J connectivity index is 1.96. The number of halogens is 2. The van der Waals surface area contributed by atoms with Gasteiger partial charge in [0.25, 0.3) is 0 Å². The topological polar surface area (TPSA) is 28.2 Å². The number of nitrogens with zero attached hydrogens (tertiary/aromatic N) is 2. The van der Waals surface area contributed by atoms with Crippen molar-refractivity contribution in [1.82, 2.24) is 10.3 Å². The van der Waals surface area contributed by atoms with Crippen LogP contribution in [0.5, 0.6) is 0 Å². The predicted molar refractivity (Wildman–Crippen MR) is 92.2 cm³/mol. The standard InChI is InChI=1S/C19H17F2N3/c20-15-7-6-14-17(24-10-8-22-9-11-24)12-16(23-19(14)18(15)21)13-4-2-1-3-5-13/h1-7,12,22H,8-11H2. The highest BCUT2D eigenvalue weighted by Gasteiger charge is 2.19. The summed E-state index contributed by atoms with van der Waals surface area (Å²) in [6, 6.07) is 14.4. The van der Waals surface area contributed by atoms with E-state index in [4.69, 9.17) is 0 Å². The summed E-state index contributed by atoms with van der Waals surface area (Å²) < 4.78 is 28.1. The summed E-state index contributed by atoms with van der Waals surface area (Å²) in [5, 5.41) is 3.96. The summed E-state index contributed by atoms with van der Waals surface area (Å²) in [5.74, 6) is -1.76. The van der Waals surface area contributed by atoms with Crippen LogP contribution in [0, 0.1) is 11.6 Å². The second kappa shape index (κ2) is 6.17. The van der Waals surface area contributed by atoms with Gasteiger partial charge in [-0.3, -0.25) is 0 Å². The third kappa shape index (κ3) is 2.61. The van der Waals surface area contributed by atoms with E-state index in [-0.39, 0.29) is 5.52 Å². The molecule has 1 saturated heterocycles. The fourth-order valence-corrected chi connectivity index (χ4v) is 3.14. The Morgan fingerprint density at radius 3 is 2.46 bits per heavy atom. The van der Waals surface area contributed by atoms with Crippen LogP contribution in [0.1, 0.15) is 0 Å². The van der Waals surface area contributed by atoms with Crippen molar-refractivity contribution < 1.29 is 8.78 Å².